The van der Waals surface area contributed by atoms with Crippen molar-refractivity contribution in [3.8, 4) is 0 Å². The van der Waals surface area contributed by atoms with Crippen molar-refractivity contribution in [1.82, 2.24) is 4.90 Å². The third kappa shape index (κ3) is 2.04. The summed E-state index contributed by atoms with van der Waals surface area (Å²) in [6.45, 7) is 0. The standard InChI is InChI=1S/C15H11NO2S/c1-16-14(17)12-8-7-11(9-13(12)15(16)18)19-10-5-3-2-4-6-10/h2-9H,1H3. The highest BCUT2D eigenvalue weighted by Gasteiger charge is 2.32. The second kappa shape index (κ2) is 4.55. The minimum atomic E-state index is -0.226. The van der Waals surface area contributed by atoms with E-state index in [1.54, 1.807) is 23.9 Å². The topological polar surface area (TPSA) is 37.4 Å². The Morgan fingerprint density at radius 1 is 0.842 bits per heavy atom. The molecule has 3 rings (SSSR count). The van der Waals surface area contributed by atoms with Crippen LogP contribution in [-0.2, 0) is 0 Å². The maximum absolute atomic E-state index is 11.9. The van der Waals surface area contributed by atoms with Gasteiger partial charge in [0, 0.05) is 16.8 Å². The zero-order valence-electron chi connectivity index (χ0n) is 10.3. The summed E-state index contributed by atoms with van der Waals surface area (Å²) in [7, 11) is 1.51. The molecule has 0 saturated heterocycles. The quantitative estimate of drug-likeness (QED) is 0.786. The van der Waals surface area contributed by atoms with Crippen LogP contribution in [0.3, 0.4) is 0 Å². The lowest BCUT2D eigenvalue weighted by Crippen LogP contribution is -2.24. The Balaban J connectivity index is 1.95. The Labute approximate surface area is 115 Å². The number of fused-ring (bicyclic) bond motifs is 1. The first-order chi connectivity index (χ1) is 9.16. The SMILES string of the molecule is CN1C(=O)c2ccc(Sc3ccccc3)cc2C1=O. The van der Waals surface area contributed by atoms with Crippen LogP contribution in [0.25, 0.3) is 0 Å². The predicted octanol–water partition coefficient (Wildman–Crippen LogP) is 3.06. The summed E-state index contributed by atoms with van der Waals surface area (Å²) in [6.07, 6.45) is 0. The van der Waals surface area contributed by atoms with E-state index in [2.05, 4.69) is 0 Å². The van der Waals surface area contributed by atoms with Gasteiger partial charge in [0.05, 0.1) is 11.1 Å². The van der Waals surface area contributed by atoms with Gasteiger partial charge in [0.25, 0.3) is 11.8 Å². The Kier molecular flexibility index (Phi) is 2.87. The first-order valence-corrected chi connectivity index (χ1v) is 6.68. The lowest BCUT2D eigenvalue weighted by Gasteiger charge is -2.03. The molecule has 3 nitrogen and oxygen atoms in total. The fraction of sp³-hybridized carbons (Fsp3) is 0.0667. The first-order valence-electron chi connectivity index (χ1n) is 5.86. The van der Waals surface area contributed by atoms with Crippen molar-refractivity contribution in [1.29, 1.82) is 0 Å². The summed E-state index contributed by atoms with van der Waals surface area (Å²) in [5.41, 5.74) is 0.985. The maximum atomic E-state index is 11.9. The molecule has 0 saturated carbocycles. The van der Waals surface area contributed by atoms with Gasteiger partial charge < -0.3 is 0 Å². The second-order valence-electron chi connectivity index (χ2n) is 4.29. The Hall–Kier alpha value is -2.07. The molecule has 1 heterocycles. The van der Waals surface area contributed by atoms with Gasteiger partial charge >= 0.3 is 0 Å². The van der Waals surface area contributed by atoms with Gasteiger partial charge in [0.1, 0.15) is 0 Å². The smallest absolute Gasteiger partial charge is 0.261 e. The van der Waals surface area contributed by atoms with Gasteiger partial charge in [-0.05, 0) is 30.3 Å². The summed E-state index contributed by atoms with van der Waals surface area (Å²) in [5, 5.41) is 0. The summed E-state index contributed by atoms with van der Waals surface area (Å²) >= 11 is 1.58. The van der Waals surface area contributed by atoms with Crippen LogP contribution < -0.4 is 0 Å². The molecule has 0 radical (unpaired) electrons. The van der Waals surface area contributed by atoms with Crippen molar-refractivity contribution in [2.45, 2.75) is 9.79 Å². The number of hydrogen-bond donors (Lipinski definition) is 0. The number of imide groups is 1. The van der Waals surface area contributed by atoms with E-state index in [0.29, 0.717) is 11.1 Å². The van der Waals surface area contributed by atoms with Crippen molar-refractivity contribution in [2.75, 3.05) is 7.05 Å². The molecule has 0 bridgehead atoms. The van der Waals surface area contributed by atoms with E-state index in [1.807, 2.05) is 36.4 Å². The normalized spacial score (nSPS) is 13.8. The molecule has 0 aliphatic carbocycles. The van der Waals surface area contributed by atoms with Gasteiger partial charge in [-0.2, -0.15) is 0 Å². The van der Waals surface area contributed by atoms with E-state index in [9.17, 15) is 9.59 Å². The van der Waals surface area contributed by atoms with E-state index in [4.69, 9.17) is 0 Å². The summed E-state index contributed by atoms with van der Waals surface area (Å²) in [6, 6.07) is 15.3. The maximum Gasteiger partial charge on any atom is 0.261 e. The highest BCUT2D eigenvalue weighted by molar-refractivity contribution is 7.99. The van der Waals surface area contributed by atoms with Gasteiger partial charge in [-0.1, -0.05) is 30.0 Å². The molecule has 2 amide bonds. The summed E-state index contributed by atoms with van der Waals surface area (Å²) in [5.74, 6) is -0.452. The number of amides is 2. The van der Waals surface area contributed by atoms with Crippen molar-refractivity contribution >= 4 is 23.6 Å². The first kappa shape index (κ1) is 12.0. The summed E-state index contributed by atoms with van der Waals surface area (Å²) in [4.78, 5) is 26.9. The average molecular weight is 269 g/mol. The van der Waals surface area contributed by atoms with Crippen molar-refractivity contribution in [3.63, 3.8) is 0 Å². The molecule has 0 spiro atoms. The van der Waals surface area contributed by atoms with Gasteiger partial charge in [-0.25, -0.2) is 0 Å². The molecular formula is C15H11NO2S. The van der Waals surface area contributed by atoms with Gasteiger partial charge in [0.2, 0.25) is 0 Å². The predicted molar refractivity (Wildman–Crippen MR) is 73.4 cm³/mol. The summed E-state index contributed by atoms with van der Waals surface area (Å²) < 4.78 is 0. The van der Waals surface area contributed by atoms with Crippen LogP contribution in [0.2, 0.25) is 0 Å². The Bertz CT molecular complexity index is 667. The highest BCUT2D eigenvalue weighted by Crippen LogP contribution is 2.31. The third-order valence-electron chi connectivity index (χ3n) is 3.04. The van der Waals surface area contributed by atoms with Crippen molar-refractivity contribution in [3.05, 3.63) is 59.7 Å². The molecule has 0 fully saturated rings. The van der Waals surface area contributed by atoms with Gasteiger partial charge in [-0.3, -0.25) is 14.5 Å². The van der Waals surface area contributed by atoms with E-state index >= 15 is 0 Å². The zero-order valence-corrected chi connectivity index (χ0v) is 11.1. The lowest BCUT2D eigenvalue weighted by molar-refractivity contribution is 0.0693. The number of hydrogen-bond acceptors (Lipinski definition) is 3. The van der Waals surface area contributed by atoms with Crippen LogP contribution in [0.5, 0.6) is 0 Å². The minimum absolute atomic E-state index is 0.226. The molecule has 0 aromatic heterocycles. The number of carbonyl (C=O) groups excluding carboxylic acids is 2. The van der Waals surface area contributed by atoms with E-state index in [1.165, 1.54) is 7.05 Å². The van der Waals surface area contributed by atoms with Crippen molar-refractivity contribution in [2.24, 2.45) is 0 Å². The largest absolute Gasteiger partial charge is 0.277 e. The Morgan fingerprint density at radius 3 is 2.26 bits per heavy atom. The van der Waals surface area contributed by atoms with Crippen LogP contribution in [0.4, 0.5) is 0 Å². The van der Waals surface area contributed by atoms with E-state index in [0.717, 1.165) is 14.7 Å². The van der Waals surface area contributed by atoms with Crippen LogP contribution in [0.1, 0.15) is 20.7 Å². The fourth-order valence-corrected chi connectivity index (χ4v) is 2.91. The van der Waals surface area contributed by atoms with Crippen molar-refractivity contribution < 1.29 is 9.59 Å². The molecule has 2 aromatic rings. The molecule has 2 aromatic carbocycles. The van der Waals surface area contributed by atoms with Crippen LogP contribution in [0, 0.1) is 0 Å². The monoisotopic (exact) mass is 269 g/mol. The molecule has 0 atom stereocenters. The lowest BCUT2D eigenvalue weighted by atomic mass is 10.1. The van der Waals surface area contributed by atoms with Crippen LogP contribution in [0.15, 0.2) is 58.3 Å². The van der Waals surface area contributed by atoms with E-state index < -0.39 is 0 Å². The molecule has 0 N–H and O–H groups in total. The number of nitrogens with zero attached hydrogens (tertiary/aromatic N) is 1. The molecule has 1 aliphatic heterocycles. The van der Waals surface area contributed by atoms with Gasteiger partial charge in [-0.15, -0.1) is 0 Å². The van der Waals surface area contributed by atoms with E-state index in [-0.39, 0.29) is 11.8 Å². The molecule has 0 unspecified atom stereocenters. The molecule has 4 heteroatoms. The fourth-order valence-electron chi connectivity index (χ4n) is 2.03. The Morgan fingerprint density at radius 2 is 1.53 bits per heavy atom. The number of benzene rings is 2. The minimum Gasteiger partial charge on any atom is -0.277 e. The number of rotatable bonds is 2. The average Bonchev–Trinajstić information content (AvgIpc) is 2.65. The molecule has 94 valence electrons. The molecule has 1 aliphatic rings. The van der Waals surface area contributed by atoms with Gasteiger partial charge in [0.15, 0.2) is 0 Å². The molecular weight excluding hydrogens is 258 g/mol. The molecule has 19 heavy (non-hydrogen) atoms. The number of carbonyl (C=O) groups is 2. The second-order valence-corrected chi connectivity index (χ2v) is 5.44. The third-order valence-corrected chi connectivity index (χ3v) is 4.04. The zero-order chi connectivity index (χ0) is 13.4. The van der Waals surface area contributed by atoms with Crippen LogP contribution in [-0.4, -0.2) is 23.8 Å². The van der Waals surface area contributed by atoms with Crippen LogP contribution >= 0.6 is 11.8 Å². The highest BCUT2D eigenvalue weighted by atomic mass is 32.2.